The molecule has 0 fully saturated rings. The molecule has 0 aliphatic rings. The summed E-state index contributed by atoms with van der Waals surface area (Å²) in [7, 11) is -1.37. The van der Waals surface area contributed by atoms with E-state index in [2.05, 4.69) is 80.8 Å². The number of nitrogens with zero attached hydrogens (tertiary/aromatic N) is 3. The minimum absolute atomic E-state index is 0. The minimum atomic E-state index is -1.37. The predicted molar refractivity (Wildman–Crippen MR) is 173 cm³/mol. The summed E-state index contributed by atoms with van der Waals surface area (Å²) in [6.45, 7) is 16.0. The maximum Gasteiger partial charge on any atom is 0.216 e. The minimum Gasteiger partial charge on any atom is -0.486 e. The van der Waals surface area contributed by atoms with Gasteiger partial charge in [0.2, 0.25) is 5.71 Å². The van der Waals surface area contributed by atoms with Crippen LogP contribution in [0.1, 0.15) is 32.0 Å². The Kier molecular flexibility index (Phi) is 9.62. The van der Waals surface area contributed by atoms with Gasteiger partial charge in [-0.25, -0.2) is 4.98 Å². The van der Waals surface area contributed by atoms with Crippen LogP contribution in [0.3, 0.4) is 0 Å². The molecule has 0 aliphatic carbocycles. The van der Waals surface area contributed by atoms with Gasteiger partial charge in [-0.15, -0.1) is 54.1 Å². The van der Waals surface area contributed by atoms with Crippen molar-refractivity contribution < 1.29 is 24.5 Å². The molecule has 6 aromatic rings. The number of fused-ring (bicyclic) bond motifs is 3. The van der Waals surface area contributed by atoms with Crippen molar-refractivity contribution in [3.05, 3.63) is 109 Å². The maximum absolute atomic E-state index is 5.94. The molecule has 2 aromatic carbocycles. The molecule has 0 N–H and O–H groups in total. The molecule has 4 nitrogen and oxygen atoms in total. The number of pyridine rings is 3. The average molecular weight is 748 g/mol. The van der Waals surface area contributed by atoms with Crippen LogP contribution in [0, 0.1) is 24.5 Å². The first-order valence-electron chi connectivity index (χ1n) is 14.1. The fourth-order valence-corrected chi connectivity index (χ4v) is 6.58. The van der Waals surface area contributed by atoms with Gasteiger partial charge in [-0.2, -0.15) is 0 Å². The molecule has 0 bridgehead atoms. The van der Waals surface area contributed by atoms with Crippen LogP contribution in [-0.4, -0.2) is 23.0 Å². The fourth-order valence-electron chi connectivity index (χ4n) is 5.01. The zero-order valence-electron chi connectivity index (χ0n) is 25.4. The molecule has 0 spiro atoms. The molecule has 4 heterocycles. The molecular formula is C36H37IrN3OSi-2. The van der Waals surface area contributed by atoms with Crippen molar-refractivity contribution in [2.75, 3.05) is 0 Å². The van der Waals surface area contributed by atoms with E-state index in [1.807, 2.05) is 67.6 Å². The normalized spacial score (nSPS) is 11.6. The number of furan rings is 1. The third-order valence-electron chi connectivity index (χ3n) is 6.86. The Labute approximate surface area is 264 Å². The Balaban J connectivity index is 0.000000188. The van der Waals surface area contributed by atoms with Crippen LogP contribution in [0.5, 0.6) is 0 Å². The molecule has 42 heavy (non-hydrogen) atoms. The van der Waals surface area contributed by atoms with E-state index in [0.29, 0.717) is 5.71 Å². The first kappa shape index (κ1) is 31.5. The van der Waals surface area contributed by atoms with Crippen molar-refractivity contribution in [3.8, 4) is 22.5 Å². The molecule has 0 aliphatic heterocycles. The summed E-state index contributed by atoms with van der Waals surface area (Å²) in [4.78, 5) is 13.5. The van der Waals surface area contributed by atoms with Crippen molar-refractivity contribution in [2.24, 2.45) is 5.41 Å². The second-order valence-corrected chi connectivity index (χ2v) is 17.7. The standard InChI is InChI=1S/C19H26NSi.C17H11N2O.Ir/c1-19(2,3)13-16-12-17(15-10-8-7-9-11-15)20-14-18(16)21(4,5)6;1-11-8-9-13-12-5-4-6-14(15-7-2-3-10-18-15)16(12)20-17(13)19-11;/h7-10,12,14H,13H2,1-6H3;2-5,7-10H,1H3;/q2*-1;. The van der Waals surface area contributed by atoms with E-state index >= 15 is 0 Å². The number of aromatic nitrogens is 3. The number of hydrogen-bond donors (Lipinski definition) is 0. The average Bonchev–Trinajstić information content (AvgIpc) is 3.30. The largest absolute Gasteiger partial charge is 0.486 e. The summed E-state index contributed by atoms with van der Waals surface area (Å²) in [6.07, 6.45) is 4.98. The Morgan fingerprint density at radius 2 is 1.62 bits per heavy atom. The van der Waals surface area contributed by atoms with Gasteiger partial charge in [-0.1, -0.05) is 75.1 Å². The van der Waals surface area contributed by atoms with E-state index < -0.39 is 8.07 Å². The van der Waals surface area contributed by atoms with Gasteiger partial charge in [0.1, 0.15) is 0 Å². The molecule has 6 heteroatoms. The number of hydrogen-bond acceptors (Lipinski definition) is 4. The van der Waals surface area contributed by atoms with Crippen LogP contribution >= 0.6 is 0 Å². The molecule has 0 atom stereocenters. The van der Waals surface area contributed by atoms with E-state index in [-0.39, 0.29) is 25.5 Å². The molecule has 0 saturated carbocycles. The van der Waals surface area contributed by atoms with Gasteiger partial charge in [-0.05, 0) is 53.5 Å². The number of rotatable bonds is 4. The molecule has 0 saturated heterocycles. The molecule has 217 valence electrons. The van der Waals surface area contributed by atoms with Crippen LogP contribution in [0.25, 0.3) is 44.6 Å². The van der Waals surface area contributed by atoms with Gasteiger partial charge in [0.15, 0.2) is 0 Å². The quantitative estimate of drug-likeness (QED) is 0.134. The van der Waals surface area contributed by atoms with Crippen LogP contribution in [0.15, 0.2) is 89.6 Å². The third-order valence-corrected chi connectivity index (χ3v) is 8.93. The Hall–Kier alpha value is -3.44. The van der Waals surface area contributed by atoms with E-state index in [4.69, 9.17) is 9.40 Å². The Bertz CT molecular complexity index is 1790. The van der Waals surface area contributed by atoms with Crippen LogP contribution in [0.4, 0.5) is 0 Å². The zero-order chi connectivity index (χ0) is 29.2. The second-order valence-electron chi connectivity index (χ2n) is 12.7. The molecule has 1 radical (unpaired) electrons. The first-order chi connectivity index (χ1) is 19.5. The van der Waals surface area contributed by atoms with Gasteiger partial charge < -0.3 is 14.4 Å². The summed E-state index contributed by atoms with van der Waals surface area (Å²) in [5.41, 5.74) is 7.99. The van der Waals surface area contributed by atoms with Crippen molar-refractivity contribution >= 4 is 35.3 Å². The summed E-state index contributed by atoms with van der Waals surface area (Å²) in [5.74, 6) is 0. The Morgan fingerprint density at radius 3 is 2.29 bits per heavy atom. The van der Waals surface area contributed by atoms with Crippen molar-refractivity contribution in [1.29, 1.82) is 0 Å². The predicted octanol–water partition coefficient (Wildman–Crippen LogP) is 8.83. The number of benzene rings is 2. The van der Waals surface area contributed by atoms with Gasteiger partial charge in [-0.3, -0.25) is 0 Å². The molecular weight excluding hydrogens is 711 g/mol. The second kappa shape index (κ2) is 12.8. The monoisotopic (exact) mass is 748 g/mol. The van der Waals surface area contributed by atoms with Gasteiger partial charge in [0.05, 0.1) is 13.7 Å². The fraction of sp³-hybridized carbons (Fsp3) is 0.250. The van der Waals surface area contributed by atoms with Crippen molar-refractivity contribution in [1.82, 2.24) is 15.0 Å². The van der Waals surface area contributed by atoms with Gasteiger partial charge in [0, 0.05) is 43.6 Å². The van der Waals surface area contributed by atoms with Gasteiger partial charge in [0.25, 0.3) is 0 Å². The zero-order valence-corrected chi connectivity index (χ0v) is 28.8. The first-order valence-corrected chi connectivity index (χ1v) is 17.6. The molecule has 0 unspecified atom stereocenters. The smallest absolute Gasteiger partial charge is 0.216 e. The van der Waals surface area contributed by atoms with Crippen LogP contribution < -0.4 is 5.19 Å². The van der Waals surface area contributed by atoms with Crippen LogP contribution in [-0.2, 0) is 26.5 Å². The Morgan fingerprint density at radius 1 is 0.833 bits per heavy atom. The molecule has 4 aromatic heterocycles. The van der Waals surface area contributed by atoms with Gasteiger partial charge >= 0.3 is 0 Å². The van der Waals surface area contributed by atoms with E-state index in [1.54, 1.807) is 6.20 Å². The molecule has 0 amide bonds. The maximum atomic E-state index is 5.94. The van der Waals surface area contributed by atoms with E-state index in [1.165, 1.54) is 10.8 Å². The van der Waals surface area contributed by atoms with Crippen molar-refractivity contribution in [2.45, 2.75) is 53.8 Å². The van der Waals surface area contributed by atoms with Crippen LogP contribution in [0.2, 0.25) is 19.6 Å². The third kappa shape index (κ3) is 7.30. The SMILES string of the molecule is CC(C)(C)Cc1cc(-c2[c-]cccc2)ncc1[Si](C)(C)C.Cc1ccc2c(n1)oc1c(-c3ccccn3)[c-]ccc12.[Ir]. The van der Waals surface area contributed by atoms with Crippen molar-refractivity contribution in [3.63, 3.8) is 0 Å². The van der Waals surface area contributed by atoms with E-state index in [0.717, 1.165) is 51.0 Å². The summed E-state index contributed by atoms with van der Waals surface area (Å²) in [6, 6.07) is 30.6. The summed E-state index contributed by atoms with van der Waals surface area (Å²) >= 11 is 0. The molecule has 6 rings (SSSR count). The van der Waals surface area contributed by atoms with E-state index in [9.17, 15) is 0 Å². The summed E-state index contributed by atoms with van der Waals surface area (Å²) < 4.78 is 5.94. The topological polar surface area (TPSA) is 51.8 Å². The number of aryl methyl sites for hydroxylation is 1. The summed E-state index contributed by atoms with van der Waals surface area (Å²) in [5, 5.41) is 3.56.